The lowest BCUT2D eigenvalue weighted by Crippen LogP contribution is -2.10. The molecule has 11 rings (SSSR count). The monoisotopic (exact) mass is 666 g/mol. The topological polar surface area (TPSA) is 7.65 Å². The number of rotatable bonds is 5. The van der Waals surface area contributed by atoms with Crippen LogP contribution in [0.5, 0.6) is 0 Å². The maximum Gasteiger partial charge on any atom is 0.0620 e. The van der Waals surface area contributed by atoms with Crippen LogP contribution in [-0.4, -0.2) is 4.40 Å². The lowest BCUT2D eigenvalue weighted by atomic mass is 10.0. The van der Waals surface area contributed by atoms with Gasteiger partial charge in [0.1, 0.15) is 0 Å². The van der Waals surface area contributed by atoms with E-state index in [2.05, 4.69) is 191 Å². The highest BCUT2D eigenvalue weighted by atomic mass is 32.1. The Labute approximate surface area is 299 Å². The van der Waals surface area contributed by atoms with Gasteiger partial charge in [0.2, 0.25) is 0 Å². The molecule has 51 heavy (non-hydrogen) atoms. The highest BCUT2D eigenvalue weighted by Gasteiger charge is 2.20. The molecule has 3 aromatic heterocycles. The zero-order chi connectivity index (χ0) is 33.5. The van der Waals surface area contributed by atoms with Crippen LogP contribution in [0.4, 0.5) is 17.1 Å². The van der Waals surface area contributed by atoms with E-state index in [1.165, 1.54) is 80.5 Å². The predicted molar refractivity (Wildman–Crippen MR) is 220 cm³/mol. The van der Waals surface area contributed by atoms with Crippen LogP contribution in [0.15, 0.2) is 182 Å². The van der Waals surface area contributed by atoms with Crippen molar-refractivity contribution < 1.29 is 0 Å². The molecule has 0 saturated heterocycles. The minimum absolute atomic E-state index is 1.12. The first kappa shape index (κ1) is 28.4. The molecule has 0 aliphatic carbocycles. The quantitative estimate of drug-likeness (QED) is 0.177. The van der Waals surface area contributed by atoms with E-state index in [0.717, 1.165) is 17.1 Å². The zero-order valence-corrected chi connectivity index (χ0v) is 28.4. The zero-order valence-electron chi connectivity index (χ0n) is 27.6. The molecule has 2 nitrogen and oxygen atoms in total. The van der Waals surface area contributed by atoms with Crippen LogP contribution in [0.25, 0.3) is 80.5 Å². The molecule has 0 amide bonds. The van der Waals surface area contributed by atoms with Gasteiger partial charge in [-0.25, -0.2) is 0 Å². The summed E-state index contributed by atoms with van der Waals surface area (Å²) in [6.45, 7) is 0. The second kappa shape index (κ2) is 11.0. The summed E-state index contributed by atoms with van der Waals surface area (Å²) >= 11 is 1.87. The van der Waals surface area contributed by atoms with Gasteiger partial charge in [0.15, 0.2) is 0 Å². The van der Waals surface area contributed by atoms with E-state index >= 15 is 0 Å². The molecule has 3 heterocycles. The number of hydrogen-bond donors (Lipinski definition) is 0. The first-order valence-corrected chi connectivity index (χ1v) is 18.2. The SMILES string of the molecule is c1ccc(-c2ccc(N(c3ccc(-c4ccc5c(c4)sc4ccccc45)cc3)c3ccc4c5cccc6c7ccccc7n(c4c3)c65)cc2)cc1. The fraction of sp³-hybridized carbons (Fsp3) is 0. The van der Waals surface area contributed by atoms with Gasteiger partial charge in [-0.2, -0.15) is 0 Å². The average Bonchev–Trinajstić information content (AvgIpc) is 3.86. The highest BCUT2D eigenvalue weighted by molar-refractivity contribution is 7.25. The van der Waals surface area contributed by atoms with Crippen LogP contribution in [0.2, 0.25) is 0 Å². The molecule has 0 spiro atoms. The third kappa shape index (κ3) is 4.35. The predicted octanol–water partition coefficient (Wildman–Crippen LogP) is 14.0. The molecule has 0 bridgehead atoms. The van der Waals surface area contributed by atoms with E-state index < -0.39 is 0 Å². The second-order valence-corrected chi connectivity index (χ2v) is 14.4. The van der Waals surface area contributed by atoms with Crippen LogP contribution in [0.1, 0.15) is 0 Å². The normalized spacial score (nSPS) is 11.9. The smallest absolute Gasteiger partial charge is 0.0620 e. The number of fused-ring (bicyclic) bond motifs is 9. The summed E-state index contributed by atoms with van der Waals surface area (Å²) < 4.78 is 5.12. The number of aromatic nitrogens is 1. The molecule has 0 radical (unpaired) electrons. The number of thiophene rings is 1. The van der Waals surface area contributed by atoms with Gasteiger partial charge in [0.05, 0.1) is 16.6 Å². The van der Waals surface area contributed by atoms with Crippen molar-refractivity contribution in [2.24, 2.45) is 0 Å². The van der Waals surface area contributed by atoms with E-state index in [9.17, 15) is 0 Å². The maximum atomic E-state index is 2.46. The molecule has 11 aromatic rings. The number of hydrogen-bond acceptors (Lipinski definition) is 2. The Hall–Kier alpha value is -6.42. The molecule has 0 aliphatic rings. The summed E-state index contributed by atoms with van der Waals surface area (Å²) in [6.07, 6.45) is 0. The number of anilines is 3. The first-order valence-electron chi connectivity index (χ1n) is 17.4. The minimum Gasteiger partial charge on any atom is -0.310 e. The second-order valence-electron chi connectivity index (χ2n) is 13.4. The fourth-order valence-corrected chi connectivity index (χ4v) is 9.29. The molecule has 8 aromatic carbocycles. The Morgan fingerprint density at radius 1 is 0.333 bits per heavy atom. The molecule has 0 saturated carbocycles. The van der Waals surface area contributed by atoms with Gasteiger partial charge in [-0.3, -0.25) is 0 Å². The van der Waals surface area contributed by atoms with Crippen molar-refractivity contribution in [3.05, 3.63) is 182 Å². The summed E-state index contributed by atoms with van der Waals surface area (Å²) in [5, 5.41) is 7.83. The molecule has 0 fully saturated rings. The molecule has 0 atom stereocenters. The number of nitrogens with zero attached hydrogens (tertiary/aromatic N) is 2. The van der Waals surface area contributed by atoms with Crippen LogP contribution in [-0.2, 0) is 0 Å². The maximum absolute atomic E-state index is 2.46. The Bertz CT molecular complexity index is 3060. The third-order valence-corrected chi connectivity index (χ3v) is 11.7. The summed E-state index contributed by atoms with van der Waals surface area (Å²) in [5.74, 6) is 0. The lowest BCUT2D eigenvalue weighted by molar-refractivity contribution is 1.28. The summed E-state index contributed by atoms with van der Waals surface area (Å²) in [5.41, 5.74) is 12.0. The van der Waals surface area contributed by atoms with Crippen molar-refractivity contribution in [1.82, 2.24) is 4.40 Å². The Morgan fingerprint density at radius 2 is 0.863 bits per heavy atom. The van der Waals surface area contributed by atoms with Gasteiger partial charge in [0.25, 0.3) is 0 Å². The molecule has 0 N–H and O–H groups in total. The summed E-state index contributed by atoms with van der Waals surface area (Å²) in [7, 11) is 0. The molecule has 0 aliphatic heterocycles. The number of para-hydroxylation sites is 2. The fourth-order valence-electron chi connectivity index (χ4n) is 8.15. The molecule has 238 valence electrons. The molecule has 3 heteroatoms. The molecule has 0 unspecified atom stereocenters. The lowest BCUT2D eigenvalue weighted by Gasteiger charge is -2.26. The van der Waals surface area contributed by atoms with Crippen molar-refractivity contribution in [3.63, 3.8) is 0 Å². The first-order chi connectivity index (χ1) is 25.3. The van der Waals surface area contributed by atoms with E-state index in [-0.39, 0.29) is 0 Å². The standard InChI is InChI=1S/C48H30N2S/c1-2-9-31(10-3-1)32-17-22-35(23-18-32)49(36-24-19-33(20-25-36)34-21-27-41-40-12-5-7-16-46(40)51-47(41)29-34)37-26-28-39-43-14-8-13-42-38-11-4-6-15-44(38)50(48(42)43)45(39)30-37/h1-30H. The van der Waals surface area contributed by atoms with Gasteiger partial charge in [0, 0.05) is 58.8 Å². The van der Waals surface area contributed by atoms with E-state index in [1.807, 2.05) is 11.3 Å². The largest absolute Gasteiger partial charge is 0.310 e. The highest BCUT2D eigenvalue weighted by Crippen LogP contribution is 2.43. The van der Waals surface area contributed by atoms with Crippen molar-refractivity contribution in [2.75, 3.05) is 4.90 Å². The molecular formula is C48H30N2S. The summed E-state index contributed by atoms with van der Waals surface area (Å²) in [4.78, 5) is 2.39. The van der Waals surface area contributed by atoms with E-state index in [4.69, 9.17) is 0 Å². The van der Waals surface area contributed by atoms with Crippen LogP contribution in [0.3, 0.4) is 0 Å². The van der Waals surface area contributed by atoms with Crippen molar-refractivity contribution in [3.8, 4) is 22.3 Å². The van der Waals surface area contributed by atoms with Crippen molar-refractivity contribution >= 4 is 86.7 Å². The van der Waals surface area contributed by atoms with Crippen molar-refractivity contribution in [1.29, 1.82) is 0 Å². The van der Waals surface area contributed by atoms with E-state index in [0.29, 0.717) is 0 Å². The Morgan fingerprint density at radius 3 is 1.63 bits per heavy atom. The van der Waals surface area contributed by atoms with E-state index in [1.54, 1.807) is 0 Å². The van der Waals surface area contributed by atoms with Gasteiger partial charge in [-0.05, 0) is 76.9 Å². The number of benzene rings is 8. The van der Waals surface area contributed by atoms with Gasteiger partial charge in [-0.15, -0.1) is 11.3 Å². The molecular weight excluding hydrogens is 637 g/mol. The van der Waals surface area contributed by atoms with Crippen LogP contribution >= 0.6 is 11.3 Å². The third-order valence-electron chi connectivity index (χ3n) is 10.5. The summed E-state index contributed by atoms with van der Waals surface area (Å²) in [6, 6.07) is 66.6. The van der Waals surface area contributed by atoms with Crippen molar-refractivity contribution in [2.45, 2.75) is 0 Å². The average molecular weight is 667 g/mol. The Kier molecular flexibility index (Phi) is 6.16. The van der Waals surface area contributed by atoms with Crippen LogP contribution < -0.4 is 4.90 Å². The minimum atomic E-state index is 1.12. The van der Waals surface area contributed by atoms with Crippen LogP contribution in [0, 0.1) is 0 Å². The van der Waals surface area contributed by atoms with Gasteiger partial charge >= 0.3 is 0 Å². The Balaban J connectivity index is 1.07. The van der Waals surface area contributed by atoms with Gasteiger partial charge in [-0.1, -0.05) is 127 Å². The van der Waals surface area contributed by atoms with Gasteiger partial charge < -0.3 is 9.30 Å².